The van der Waals surface area contributed by atoms with E-state index in [2.05, 4.69) is 75.9 Å². The number of aromatic nitrogens is 4. The number of thiazole rings is 1. The van der Waals surface area contributed by atoms with Crippen molar-refractivity contribution in [1.29, 1.82) is 0 Å². The molecule has 0 unspecified atom stereocenters. The van der Waals surface area contributed by atoms with E-state index >= 15 is 0 Å². The van der Waals surface area contributed by atoms with Crippen molar-refractivity contribution < 1.29 is 29.0 Å². The van der Waals surface area contributed by atoms with Crippen LogP contribution in [0, 0.1) is 12.3 Å². The van der Waals surface area contributed by atoms with Gasteiger partial charge in [0.05, 0.1) is 52.1 Å². The molecule has 4 amide bonds. The average molecular weight is 1130 g/mol. The van der Waals surface area contributed by atoms with Crippen LogP contribution in [-0.4, -0.2) is 149 Å². The molecule has 1 aliphatic rings. The smallest absolute Gasteiger partial charge is 0.248 e. The van der Waals surface area contributed by atoms with Crippen LogP contribution < -0.4 is 30.9 Å². The Balaban J connectivity index is 0.816. The van der Waals surface area contributed by atoms with E-state index in [1.807, 2.05) is 122 Å². The Morgan fingerprint density at radius 3 is 2.33 bits per heavy atom. The van der Waals surface area contributed by atoms with Crippen LogP contribution in [-0.2, 0) is 32.8 Å². The first-order valence-electron chi connectivity index (χ1n) is 28.2. The molecular weight excluding hydrogens is 1040 g/mol. The zero-order chi connectivity index (χ0) is 58.2. The van der Waals surface area contributed by atoms with Gasteiger partial charge >= 0.3 is 0 Å². The van der Waals surface area contributed by atoms with E-state index in [-0.39, 0.29) is 43.1 Å². The summed E-state index contributed by atoms with van der Waals surface area (Å²) in [6, 6.07) is 20.2. The molecule has 0 radical (unpaired) electrons. The van der Waals surface area contributed by atoms with Crippen LogP contribution in [0.15, 0.2) is 96.8 Å². The highest BCUT2D eigenvalue weighted by molar-refractivity contribution is 7.13. The standard InChI is InChI=1S/C62H84N12O6S/c1-42-57(81-41-65-42)44-27-25-43(26-28-44)38-64-59(78)53-35-45(75)39-74(53)60(79)58(62(2,3)4)69-56(77)23-16-14-12-11-13-15-19-31-71(7)32-20-24-55(76)66-49-36-50(54(80-10)37-52(49)72(8)34-33-70(5)6)68-61-63-30-29-48(67-61)47-40-73(9)51-22-18-17-21-46(47)51/h17-18,20-22,24-30,36-37,40-41,45,53,58,75H,11-16,19,23,31-35,38-39H2,1-10H3,(H,64,78)(H,66,76)(H,69,77)(H,63,67,68)/b24-20+/t45-,53+,58-/m1/s1. The van der Waals surface area contributed by atoms with Gasteiger partial charge < -0.3 is 55.3 Å². The molecular formula is C62H84N12O6S. The Morgan fingerprint density at radius 1 is 0.901 bits per heavy atom. The third kappa shape index (κ3) is 17.2. The SMILES string of the molecule is COc1cc(N(C)CCN(C)C)c(NC(=O)/C=C/CN(C)CCCCCCCCCC(=O)N[C@H](C(=O)N2C[C@H](O)C[C@H]2C(=O)NCc2ccc(-c3scnc3C)cc2)C(C)(C)C)cc1Nc1nccc(-c2cn(C)c3ccccc23)n1. The molecule has 81 heavy (non-hydrogen) atoms. The first-order valence-corrected chi connectivity index (χ1v) is 29.1. The third-order valence-electron chi connectivity index (χ3n) is 14.8. The van der Waals surface area contributed by atoms with Gasteiger partial charge in [0.2, 0.25) is 29.6 Å². The average Bonchev–Trinajstić information content (AvgIpc) is 4.17. The molecule has 18 nitrogen and oxygen atoms in total. The van der Waals surface area contributed by atoms with Gasteiger partial charge in [-0.1, -0.05) is 101 Å². The first-order chi connectivity index (χ1) is 38.8. The number of rotatable bonds is 28. The zero-order valence-corrected chi connectivity index (χ0v) is 49.9. The number of nitrogens with one attached hydrogen (secondary N) is 4. The summed E-state index contributed by atoms with van der Waals surface area (Å²) in [7, 11) is 11.8. The van der Waals surface area contributed by atoms with E-state index in [1.165, 1.54) is 4.90 Å². The highest BCUT2D eigenvalue weighted by atomic mass is 32.1. The number of carbonyl (C=O) groups is 4. The molecule has 0 saturated carbocycles. The second kappa shape index (κ2) is 29.0. The highest BCUT2D eigenvalue weighted by Gasteiger charge is 2.44. The van der Waals surface area contributed by atoms with Crippen LogP contribution in [0.2, 0.25) is 0 Å². The fraction of sp³-hybridized carbons (Fsp3) is 0.468. The topological polar surface area (TPSA) is 202 Å². The maximum absolute atomic E-state index is 14.1. The summed E-state index contributed by atoms with van der Waals surface area (Å²) < 4.78 is 7.97. The van der Waals surface area contributed by atoms with Crippen LogP contribution in [0.1, 0.15) is 89.8 Å². The number of para-hydroxylation sites is 1. The number of likely N-dealkylation sites (tertiary alicyclic amines) is 1. The van der Waals surface area contributed by atoms with Gasteiger partial charge in [0.25, 0.3) is 0 Å². The number of ether oxygens (including phenoxy) is 1. The Hall–Kier alpha value is -7.19. The molecule has 7 rings (SSSR count). The summed E-state index contributed by atoms with van der Waals surface area (Å²) in [5, 5.41) is 24.2. The highest BCUT2D eigenvalue weighted by Crippen LogP contribution is 2.39. The van der Waals surface area contributed by atoms with E-state index in [4.69, 9.17) is 9.72 Å². The number of unbranched alkanes of at least 4 members (excludes halogenated alkanes) is 6. The van der Waals surface area contributed by atoms with Crippen molar-refractivity contribution in [3.05, 3.63) is 108 Å². The quantitative estimate of drug-likeness (QED) is 0.0230. The van der Waals surface area contributed by atoms with Gasteiger partial charge in [0, 0.05) is 101 Å². The molecule has 3 atom stereocenters. The van der Waals surface area contributed by atoms with Crippen LogP contribution in [0.5, 0.6) is 5.75 Å². The summed E-state index contributed by atoms with van der Waals surface area (Å²) in [6.45, 7) is 11.0. The Kier molecular flexibility index (Phi) is 22.0. The van der Waals surface area contributed by atoms with Crippen molar-refractivity contribution in [2.24, 2.45) is 12.5 Å². The van der Waals surface area contributed by atoms with E-state index in [0.29, 0.717) is 42.5 Å². The minimum Gasteiger partial charge on any atom is -0.494 e. The van der Waals surface area contributed by atoms with E-state index < -0.39 is 23.6 Å². The first kappa shape index (κ1) is 61.4. The van der Waals surface area contributed by atoms with Crippen molar-refractivity contribution in [2.75, 3.05) is 83.6 Å². The summed E-state index contributed by atoms with van der Waals surface area (Å²) in [5.74, 6) is -0.166. The Bertz CT molecular complexity index is 3090. The molecule has 3 aromatic carbocycles. The molecule has 1 fully saturated rings. The molecule has 1 saturated heterocycles. The van der Waals surface area contributed by atoms with E-state index in [0.717, 1.165) is 108 Å². The second-order valence-corrected chi connectivity index (χ2v) is 23.5. The number of hydrogen-bond acceptors (Lipinski definition) is 14. The van der Waals surface area contributed by atoms with Gasteiger partial charge in [0.15, 0.2) is 0 Å². The fourth-order valence-corrected chi connectivity index (χ4v) is 10.9. The number of methoxy groups -OCH3 is 1. The number of anilines is 4. The fourth-order valence-electron chi connectivity index (χ4n) is 10.1. The number of benzene rings is 3. The molecule has 6 aromatic rings. The lowest BCUT2D eigenvalue weighted by Crippen LogP contribution is -2.57. The van der Waals surface area contributed by atoms with Gasteiger partial charge in [-0.2, -0.15) is 0 Å². The monoisotopic (exact) mass is 1120 g/mol. The predicted molar refractivity (Wildman–Crippen MR) is 326 cm³/mol. The van der Waals surface area contributed by atoms with Crippen LogP contribution in [0.3, 0.4) is 0 Å². The molecule has 0 bridgehead atoms. The molecule has 3 aromatic heterocycles. The molecule has 0 aliphatic carbocycles. The Labute approximate surface area is 482 Å². The number of fused-ring (bicyclic) bond motifs is 1. The normalized spacial score (nSPS) is 15.0. The number of hydrogen-bond donors (Lipinski definition) is 5. The van der Waals surface area contributed by atoms with Crippen molar-refractivity contribution in [2.45, 2.75) is 110 Å². The number of aliphatic hydroxyl groups excluding tert-OH is 1. The number of β-amino-alcohol motifs (C(OH)–C–C–N with tert-alkyl or cyclic N) is 1. The lowest BCUT2D eigenvalue weighted by Gasteiger charge is -2.35. The third-order valence-corrected chi connectivity index (χ3v) is 15.8. The minimum atomic E-state index is -0.859. The maximum Gasteiger partial charge on any atom is 0.248 e. The summed E-state index contributed by atoms with van der Waals surface area (Å²) in [4.78, 5) is 77.1. The van der Waals surface area contributed by atoms with Gasteiger partial charge in [-0.15, -0.1) is 11.3 Å². The van der Waals surface area contributed by atoms with Gasteiger partial charge in [-0.3, -0.25) is 19.2 Å². The number of nitrogens with zero attached hydrogens (tertiary/aromatic N) is 8. The Morgan fingerprint density at radius 2 is 1.63 bits per heavy atom. The maximum atomic E-state index is 14.1. The lowest BCUT2D eigenvalue weighted by atomic mass is 9.85. The summed E-state index contributed by atoms with van der Waals surface area (Å²) >= 11 is 1.58. The van der Waals surface area contributed by atoms with E-state index in [1.54, 1.807) is 30.7 Å². The molecule has 19 heteroatoms. The van der Waals surface area contributed by atoms with Crippen molar-refractivity contribution in [3.8, 4) is 27.4 Å². The minimum absolute atomic E-state index is 0.0281. The number of aryl methyl sites for hydroxylation is 2. The number of likely N-dealkylation sites (N-methyl/N-ethyl adjacent to an activating group) is 3. The summed E-state index contributed by atoms with van der Waals surface area (Å²) in [6.07, 6.45) is 13.7. The molecule has 0 spiro atoms. The number of carbonyl (C=O) groups excluding carboxylic acids is 4. The van der Waals surface area contributed by atoms with Crippen LogP contribution >= 0.6 is 11.3 Å². The molecule has 4 heterocycles. The lowest BCUT2D eigenvalue weighted by molar-refractivity contribution is -0.144. The van der Waals surface area contributed by atoms with Crippen molar-refractivity contribution >= 4 is 68.9 Å². The molecule has 5 N–H and O–H groups in total. The van der Waals surface area contributed by atoms with Crippen molar-refractivity contribution in [1.82, 2.24) is 44.9 Å². The number of aliphatic hydroxyl groups is 1. The number of amides is 4. The predicted octanol–water partition coefficient (Wildman–Crippen LogP) is 9.17. The van der Waals surface area contributed by atoms with E-state index in [9.17, 15) is 24.3 Å². The van der Waals surface area contributed by atoms with Crippen molar-refractivity contribution in [3.63, 3.8) is 0 Å². The molecule has 1 aliphatic heterocycles. The van der Waals surface area contributed by atoms with Gasteiger partial charge in [-0.05, 0) is 82.2 Å². The zero-order valence-electron chi connectivity index (χ0n) is 49.1. The van der Waals surface area contributed by atoms with Gasteiger partial charge in [0.1, 0.15) is 17.8 Å². The van der Waals surface area contributed by atoms with Crippen LogP contribution in [0.25, 0.3) is 32.6 Å². The summed E-state index contributed by atoms with van der Waals surface area (Å²) in [5.41, 5.74) is 9.07. The van der Waals surface area contributed by atoms with Gasteiger partial charge in [-0.25, -0.2) is 15.0 Å². The second-order valence-electron chi connectivity index (χ2n) is 22.7. The molecule has 434 valence electrons. The van der Waals surface area contributed by atoms with Crippen LogP contribution in [0.4, 0.5) is 23.0 Å². The largest absolute Gasteiger partial charge is 0.494 e.